The summed E-state index contributed by atoms with van der Waals surface area (Å²) in [6.45, 7) is 0.242. The van der Waals surface area contributed by atoms with E-state index in [2.05, 4.69) is 20.9 Å². The fraction of sp³-hybridized carbons (Fsp3) is 0.0952. The number of aromatic nitrogens is 1. The first kappa shape index (κ1) is 19.4. The van der Waals surface area contributed by atoms with Crippen molar-refractivity contribution in [2.75, 3.05) is 12.0 Å². The number of hydrogen-bond donors (Lipinski definition) is 0. The Labute approximate surface area is 178 Å². The number of amides is 1. The van der Waals surface area contributed by atoms with Crippen LogP contribution >= 0.6 is 27.3 Å². The SMILES string of the molecule is COC(=O)c1ccc(C(=O)N(Cc2ccco2)c2nc3ccc(Br)cc3s2)cc1. The molecule has 0 unspecified atom stereocenters. The lowest BCUT2D eigenvalue weighted by atomic mass is 10.1. The van der Waals surface area contributed by atoms with E-state index in [1.165, 1.54) is 18.4 Å². The van der Waals surface area contributed by atoms with Gasteiger partial charge in [-0.15, -0.1) is 0 Å². The van der Waals surface area contributed by atoms with Crippen LogP contribution in [0.25, 0.3) is 10.2 Å². The van der Waals surface area contributed by atoms with E-state index in [1.807, 2.05) is 24.3 Å². The van der Waals surface area contributed by atoms with Crippen LogP contribution in [0.4, 0.5) is 5.13 Å². The van der Waals surface area contributed by atoms with Crippen LogP contribution in [0.3, 0.4) is 0 Å². The van der Waals surface area contributed by atoms with Gasteiger partial charge in [-0.05, 0) is 54.6 Å². The zero-order valence-electron chi connectivity index (χ0n) is 15.3. The van der Waals surface area contributed by atoms with Crippen LogP contribution in [0.1, 0.15) is 26.5 Å². The van der Waals surface area contributed by atoms with Gasteiger partial charge in [-0.1, -0.05) is 27.3 Å². The Morgan fingerprint density at radius 3 is 2.59 bits per heavy atom. The lowest BCUT2D eigenvalue weighted by Crippen LogP contribution is -2.30. The van der Waals surface area contributed by atoms with Crippen molar-refractivity contribution in [3.8, 4) is 0 Å². The molecule has 0 atom stereocenters. The average Bonchev–Trinajstić information content (AvgIpc) is 3.40. The molecule has 4 rings (SSSR count). The standard InChI is InChI=1S/C21H15BrN2O4S/c1-27-20(26)14-6-4-13(5-7-14)19(25)24(12-16-3-2-10-28-16)21-23-17-9-8-15(22)11-18(17)29-21/h2-11H,12H2,1H3. The molecule has 2 aromatic carbocycles. The highest BCUT2D eigenvalue weighted by Gasteiger charge is 2.23. The van der Waals surface area contributed by atoms with Crippen LogP contribution in [-0.4, -0.2) is 24.0 Å². The molecule has 2 heterocycles. The van der Waals surface area contributed by atoms with Crippen molar-refractivity contribution in [2.45, 2.75) is 6.54 Å². The second-order valence-corrected chi connectivity index (χ2v) is 8.07. The van der Waals surface area contributed by atoms with Gasteiger partial charge in [0.15, 0.2) is 5.13 Å². The number of ether oxygens (including phenoxy) is 1. The molecule has 0 aliphatic heterocycles. The maximum atomic E-state index is 13.3. The number of esters is 1. The molecule has 29 heavy (non-hydrogen) atoms. The molecule has 8 heteroatoms. The van der Waals surface area contributed by atoms with E-state index in [0.29, 0.717) is 22.0 Å². The van der Waals surface area contributed by atoms with Gasteiger partial charge in [0.1, 0.15) is 5.76 Å². The lowest BCUT2D eigenvalue weighted by Gasteiger charge is -2.19. The molecule has 0 fully saturated rings. The van der Waals surface area contributed by atoms with Gasteiger partial charge in [-0.25, -0.2) is 9.78 Å². The molecule has 146 valence electrons. The predicted molar refractivity (Wildman–Crippen MR) is 114 cm³/mol. The van der Waals surface area contributed by atoms with Gasteiger partial charge in [0.25, 0.3) is 5.91 Å². The zero-order chi connectivity index (χ0) is 20.4. The second-order valence-electron chi connectivity index (χ2n) is 6.15. The number of halogens is 1. The van der Waals surface area contributed by atoms with E-state index in [0.717, 1.165) is 14.7 Å². The van der Waals surface area contributed by atoms with E-state index in [-0.39, 0.29) is 12.5 Å². The molecule has 0 saturated heterocycles. The summed E-state index contributed by atoms with van der Waals surface area (Å²) < 4.78 is 12.1. The highest BCUT2D eigenvalue weighted by atomic mass is 79.9. The summed E-state index contributed by atoms with van der Waals surface area (Å²) in [4.78, 5) is 31.1. The minimum Gasteiger partial charge on any atom is -0.467 e. The molecule has 0 bridgehead atoms. The number of carbonyl (C=O) groups excluding carboxylic acids is 2. The van der Waals surface area contributed by atoms with Crippen LogP contribution in [0.15, 0.2) is 69.8 Å². The molecule has 0 saturated carbocycles. The number of nitrogens with zero attached hydrogens (tertiary/aromatic N) is 2. The first-order valence-corrected chi connectivity index (χ1v) is 10.2. The molecule has 0 spiro atoms. The number of fused-ring (bicyclic) bond motifs is 1. The fourth-order valence-electron chi connectivity index (χ4n) is 2.81. The minimum atomic E-state index is -0.451. The van der Waals surface area contributed by atoms with Crippen molar-refractivity contribution in [3.63, 3.8) is 0 Å². The molecule has 0 radical (unpaired) electrons. The summed E-state index contributed by atoms with van der Waals surface area (Å²) in [6.07, 6.45) is 1.57. The molecule has 0 aliphatic carbocycles. The van der Waals surface area contributed by atoms with Crippen LogP contribution in [-0.2, 0) is 11.3 Å². The molecule has 0 N–H and O–H groups in total. The topological polar surface area (TPSA) is 72.6 Å². The number of hydrogen-bond acceptors (Lipinski definition) is 6. The Balaban J connectivity index is 1.71. The number of carbonyl (C=O) groups is 2. The van der Waals surface area contributed by atoms with E-state index in [1.54, 1.807) is 41.5 Å². The van der Waals surface area contributed by atoms with Gasteiger partial charge in [0.2, 0.25) is 0 Å². The third-order valence-corrected chi connectivity index (χ3v) is 5.80. The summed E-state index contributed by atoms with van der Waals surface area (Å²) >= 11 is 4.89. The summed E-state index contributed by atoms with van der Waals surface area (Å²) in [6, 6.07) is 15.7. The number of rotatable bonds is 5. The summed E-state index contributed by atoms with van der Waals surface area (Å²) in [5, 5.41) is 0.566. The predicted octanol–water partition coefficient (Wildman–Crippen LogP) is 5.29. The van der Waals surface area contributed by atoms with E-state index in [9.17, 15) is 9.59 Å². The van der Waals surface area contributed by atoms with Crippen molar-refractivity contribution >= 4 is 54.5 Å². The molecule has 0 aliphatic rings. The molecule has 6 nitrogen and oxygen atoms in total. The first-order chi connectivity index (χ1) is 14.0. The number of anilines is 1. The van der Waals surface area contributed by atoms with Crippen LogP contribution in [0.5, 0.6) is 0 Å². The summed E-state index contributed by atoms with van der Waals surface area (Å²) in [7, 11) is 1.32. The highest BCUT2D eigenvalue weighted by molar-refractivity contribution is 9.10. The van der Waals surface area contributed by atoms with E-state index < -0.39 is 5.97 Å². The maximum Gasteiger partial charge on any atom is 0.337 e. The van der Waals surface area contributed by atoms with Gasteiger partial charge < -0.3 is 9.15 Å². The Kier molecular flexibility index (Phi) is 5.46. The molecule has 1 amide bonds. The van der Waals surface area contributed by atoms with Crippen LogP contribution < -0.4 is 4.90 Å². The Hall–Kier alpha value is -2.97. The molecule has 2 aromatic heterocycles. The van der Waals surface area contributed by atoms with Crippen molar-refractivity contribution in [2.24, 2.45) is 0 Å². The summed E-state index contributed by atoms with van der Waals surface area (Å²) in [5.41, 5.74) is 1.63. The summed E-state index contributed by atoms with van der Waals surface area (Å²) in [5.74, 6) is -0.0471. The van der Waals surface area contributed by atoms with Gasteiger partial charge in [0, 0.05) is 10.0 Å². The number of furan rings is 1. The van der Waals surface area contributed by atoms with E-state index >= 15 is 0 Å². The van der Waals surface area contributed by atoms with Gasteiger partial charge in [-0.3, -0.25) is 9.69 Å². The van der Waals surface area contributed by atoms with Crippen molar-refractivity contribution < 1.29 is 18.7 Å². The zero-order valence-corrected chi connectivity index (χ0v) is 17.7. The lowest BCUT2D eigenvalue weighted by molar-refractivity contribution is 0.0600. The second kappa shape index (κ2) is 8.18. The Bertz CT molecular complexity index is 1170. The Morgan fingerprint density at radius 2 is 1.90 bits per heavy atom. The van der Waals surface area contributed by atoms with Crippen molar-refractivity contribution in [1.82, 2.24) is 4.98 Å². The average molecular weight is 471 g/mol. The number of methoxy groups -OCH3 is 1. The minimum absolute atomic E-state index is 0.240. The quantitative estimate of drug-likeness (QED) is 0.370. The Morgan fingerprint density at radius 1 is 1.14 bits per heavy atom. The van der Waals surface area contributed by atoms with Gasteiger partial charge in [0.05, 0.1) is 35.7 Å². The smallest absolute Gasteiger partial charge is 0.337 e. The molecule has 4 aromatic rings. The first-order valence-electron chi connectivity index (χ1n) is 8.64. The third kappa shape index (κ3) is 4.08. The van der Waals surface area contributed by atoms with Crippen LogP contribution in [0.2, 0.25) is 0 Å². The van der Waals surface area contributed by atoms with Crippen molar-refractivity contribution in [3.05, 3.63) is 82.2 Å². The van der Waals surface area contributed by atoms with Gasteiger partial charge >= 0.3 is 5.97 Å². The third-order valence-electron chi connectivity index (χ3n) is 4.26. The molecular formula is C21H15BrN2O4S. The highest BCUT2D eigenvalue weighted by Crippen LogP contribution is 2.32. The normalized spacial score (nSPS) is 10.8. The number of thiazole rings is 1. The largest absolute Gasteiger partial charge is 0.467 e. The monoisotopic (exact) mass is 470 g/mol. The van der Waals surface area contributed by atoms with Gasteiger partial charge in [-0.2, -0.15) is 0 Å². The van der Waals surface area contributed by atoms with E-state index in [4.69, 9.17) is 9.15 Å². The number of benzene rings is 2. The maximum absolute atomic E-state index is 13.3. The van der Waals surface area contributed by atoms with Crippen LogP contribution in [0, 0.1) is 0 Å². The molecular weight excluding hydrogens is 456 g/mol. The fourth-order valence-corrected chi connectivity index (χ4v) is 4.32. The van der Waals surface area contributed by atoms with Crippen molar-refractivity contribution in [1.29, 1.82) is 0 Å².